The van der Waals surface area contributed by atoms with Gasteiger partial charge in [0.25, 0.3) is 0 Å². The number of likely N-dealkylation sites (N-methyl/N-ethyl adjacent to an activating group) is 1. The fourth-order valence-corrected chi connectivity index (χ4v) is 3.68. The molecule has 1 saturated carbocycles. The lowest BCUT2D eigenvalue weighted by Gasteiger charge is -2.32. The molecule has 0 bridgehead atoms. The summed E-state index contributed by atoms with van der Waals surface area (Å²) in [6, 6.07) is 2.39. The van der Waals surface area contributed by atoms with Gasteiger partial charge in [0.05, 0.1) is 24.7 Å². The maximum Gasteiger partial charge on any atom is 0.224 e. The van der Waals surface area contributed by atoms with Gasteiger partial charge in [-0.15, -0.1) is 0 Å². The Labute approximate surface area is 161 Å². The zero-order chi connectivity index (χ0) is 19.4. The van der Waals surface area contributed by atoms with E-state index >= 15 is 0 Å². The third-order valence-electron chi connectivity index (χ3n) is 5.34. The standard InChI is InChI=1S/C20H30N6O/c1-13-11-23-18(25-16-7-5-4-6-8-16)12-26(13)17-9-15(10-19(27)22-3)14(2)24-20(17)21/h9,11,16H,4-8,10,12H2,1-3H3,(H2,21,24)(H,22,27)(H,23,25). The molecule has 27 heavy (non-hydrogen) atoms. The summed E-state index contributed by atoms with van der Waals surface area (Å²) in [5, 5.41) is 5.99. The van der Waals surface area contributed by atoms with Crippen molar-refractivity contribution in [3.63, 3.8) is 0 Å². The van der Waals surface area contributed by atoms with Gasteiger partial charge in [0.15, 0.2) is 0 Å². The number of aromatic nitrogens is 1. The molecule has 1 aromatic rings. The number of pyridine rings is 1. The van der Waals surface area contributed by atoms with E-state index in [1.165, 1.54) is 32.1 Å². The quantitative estimate of drug-likeness (QED) is 0.756. The molecular weight excluding hydrogens is 340 g/mol. The number of hydrogen-bond acceptors (Lipinski definition) is 5. The second-order valence-electron chi connectivity index (χ2n) is 7.37. The predicted octanol–water partition coefficient (Wildman–Crippen LogP) is 2.26. The molecule has 1 fully saturated rings. The van der Waals surface area contributed by atoms with Crippen molar-refractivity contribution in [1.82, 2.24) is 15.6 Å². The smallest absolute Gasteiger partial charge is 0.224 e. The average molecular weight is 371 g/mol. The minimum Gasteiger partial charge on any atom is -0.382 e. The van der Waals surface area contributed by atoms with Gasteiger partial charge >= 0.3 is 0 Å². The van der Waals surface area contributed by atoms with E-state index < -0.39 is 0 Å². The van der Waals surface area contributed by atoms with Crippen molar-refractivity contribution in [1.29, 1.82) is 0 Å². The molecule has 1 aromatic heterocycles. The topological polar surface area (TPSA) is 95.6 Å². The first kappa shape index (κ1) is 19.2. The van der Waals surface area contributed by atoms with Gasteiger partial charge in [0.1, 0.15) is 11.7 Å². The molecule has 0 atom stereocenters. The van der Waals surface area contributed by atoms with Crippen molar-refractivity contribution in [2.45, 2.75) is 58.4 Å². The summed E-state index contributed by atoms with van der Waals surface area (Å²) in [6.45, 7) is 4.55. The largest absolute Gasteiger partial charge is 0.382 e. The molecule has 3 rings (SSSR count). The van der Waals surface area contributed by atoms with E-state index in [2.05, 4.69) is 20.5 Å². The molecule has 4 N–H and O–H groups in total. The Morgan fingerprint density at radius 1 is 1.37 bits per heavy atom. The van der Waals surface area contributed by atoms with Crippen molar-refractivity contribution in [3.8, 4) is 0 Å². The number of aryl methyl sites for hydroxylation is 1. The van der Waals surface area contributed by atoms with Crippen LogP contribution in [0.2, 0.25) is 0 Å². The Kier molecular flexibility index (Phi) is 5.98. The second kappa shape index (κ2) is 8.41. The first-order valence-corrected chi connectivity index (χ1v) is 9.72. The number of anilines is 2. The van der Waals surface area contributed by atoms with Gasteiger partial charge in [-0.1, -0.05) is 19.3 Å². The van der Waals surface area contributed by atoms with E-state index in [9.17, 15) is 4.79 Å². The maximum atomic E-state index is 11.8. The van der Waals surface area contributed by atoms with Crippen LogP contribution in [0.25, 0.3) is 0 Å². The number of hydrogen-bond donors (Lipinski definition) is 3. The summed E-state index contributed by atoms with van der Waals surface area (Å²) in [5.74, 6) is 1.39. The minimum absolute atomic E-state index is 0.0391. The first-order chi connectivity index (χ1) is 13.0. The van der Waals surface area contributed by atoms with Crippen LogP contribution in [0.3, 0.4) is 0 Å². The number of nitrogens with one attached hydrogen (secondary N) is 2. The number of nitrogen functional groups attached to an aromatic ring is 1. The van der Waals surface area contributed by atoms with E-state index in [0.29, 0.717) is 24.8 Å². The van der Waals surface area contributed by atoms with Gasteiger partial charge in [-0.25, -0.2) is 4.98 Å². The van der Waals surface area contributed by atoms with Crippen LogP contribution in [0.15, 0.2) is 23.0 Å². The third kappa shape index (κ3) is 4.59. The Hall–Kier alpha value is -2.57. The lowest BCUT2D eigenvalue weighted by Crippen LogP contribution is -2.41. The van der Waals surface area contributed by atoms with Crippen LogP contribution >= 0.6 is 0 Å². The molecule has 0 aromatic carbocycles. The summed E-state index contributed by atoms with van der Waals surface area (Å²) < 4.78 is 0. The summed E-state index contributed by atoms with van der Waals surface area (Å²) in [6.07, 6.45) is 8.43. The van der Waals surface area contributed by atoms with Gasteiger partial charge < -0.3 is 21.3 Å². The van der Waals surface area contributed by atoms with Crippen molar-refractivity contribution < 1.29 is 4.79 Å². The van der Waals surface area contributed by atoms with Crippen LogP contribution in [0.1, 0.15) is 50.3 Å². The molecule has 2 heterocycles. The second-order valence-corrected chi connectivity index (χ2v) is 7.37. The highest BCUT2D eigenvalue weighted by Crippen LogP contribution is 2.29. The van der Waals surface area contributed by atoms with Crippen LogP contribution in [0.5, 0.6) is 0 Å². The Morgan fingerprint density at radius 3 is 2.81 bits per heavy atom. The number of aliphatic imine (C=N–C) groups is 1. The molecule has 0 unspecified atom stereocenters. The predicted molar refractivity (Wildman–Crippen MR) is 110 cm³/mol. The van der Waals surface area contributed by atoms with E-state index in [0.717, 1.165) is 28.5 Å². The molecule has 0 radical (unpaired) electrons. The van der Waals surface area contributed by atoms with Crippen molar-refractivity contribution in [2.75, 3.05) is 24.2 Å². The molecule has 7 nitrogen and oxygen atoms in total. The molecule has 1 aliphatic heterocycles. The van der Waals surface area contributed by atoms with E-state index in [4.69, 9.17) is 10.7 Å². The van der Waals surface area contributed by atoms with Crippen molar-refractivity contribution in [3.05, 3.63) is 29.2 Å². The molecular formula is C20H30N6O. The number of allylic oxidation sites excluding steroid dienone is 1. The molecule has 0 saturated heterocycles. The van der Waals surface area contributed by atoms with Crippen LogP contribution in [0.4, 0.5) is 11.5 Å². The van der Waals surface area contributed by atoms with Gasteiger partial charge in [0.2, 0.25) is 5.91 Å². The molecule has 1 amide bonds. The Balaban J connectivity index is 1.86. The average Bonchev–Trinajstić information content (AvgIpc) is 2.66. The van der Waals surface area contributed by atoms with Gasteiger partial charge in [-0.3, -0.25) is 9.79 Å². The lowest BCUT2D eigenvalue weighted by atomic mass is 9.96. The summed E-state index contributed by atoms with van der Waals surface area (Å²) >= 11 is 0. The van der Waals surface area contributed by atoms with E-state index in [1.54, 1.807) is 7.05 Å². The number of nitrogens with two attached hydrogens (primary N) is 1. The first-order valence-electron chi connectivity index (χ1n) is 9.72. The summed E-state index contributed by atoms with van der Waals surface area (Å²) in [4.78, 5) is 23.3. The third-order valence-corrected chi connectivity index (χ3v) is 5.34. The SMILES string of the molecule is CNC(=O)Cc1cc(N2CC(=NC3CCCCC3)NC=C2C)c(N)nc1C. The Bertz CT molecular complexity index is 764. The van der Waals surface area contributed by atoms with Gasteiger partial charge in [-0.2, -0.15) is 0 Å². The van der Waals surface area contributed by atoms with Gasteiger partial charge in [-0.05, 0) is 38.3 Å². The molecule has 0 spiro atoms. The summed E-state index contributed by atoms with van der Waals surface area (Å²) in [7, 11) is 1.64. The number of rotatable bonds is 4. The van der Waals surface area contributed by atoms with Crippen LogP contribution in [0, 0.1) is 6.92 Å². The van der Waals surface area contributed by atoms with Crippen molar-refractivity contribution >= 4 is 23.2 Å². The highest BCUT2D eigenvalue weighted by Gasteiger charge is 2.22. The monoisotopic (exact) mass is 370 g/mol. The Morgan fingerprint density at radius 2 is 2.11 bits per heavy atom. The number of carbonyl (C=O) groups excluding carboxylic acids is 1. The fourth-order valence-electron chi connectivity index (χ4n) is 3.68. The highest BCUT2D eigenvalue weighted by atomic mass is 16.1. The number of carbonyl (C=O) groups is 1. The fraction of sp³-hybridized carbons (Fsp3) is 0.550. The number of amides is 1. The zero-order valence-electron chi connectivity index (χ0n) is 16.5. The molecule has 146 valence electrons. The zero-order valence-corrected chi connectivity index (χ0v) is 16.5. The van der Waals surface area contributed by atoms with Crippen molar-refractivity contribution in [2.24, 2.45) is 4.99 Å². The van der Waals surface area contributed by atoms with E-state index in [1.807, 2.05) is 26.1 Å². The van der Waals surface area contributed by atoms with Crippen LogP contribution in [-0.2, 0) is 11.2 Å². The lowest BCUT2D eigenvalue weighted by molar-refractivity contribution is -0.119. The summed E-state index contributed by atoms with van der Waals surface area (Å²) in [5.41, 5.74) is 9.77. The highest BCUT2D eigenvalue weighted by molar-refractivity contribution is 5.91. The molecule has 2 aliphatic rings. The van der Waals surface area contributed by atoms with Gasteiger partial charge in [0, 0.05) is 24.6 Å². The number of nitrogens with zero attached hydrogens (tertiary/aromatic N) is 3. The molecule has 7 heteroatoms. The van der Waals surface area contributed by atoms with E-state index in [-0.39, 0.29) is 5.91 Å². The van der Waals surface area contributed by atoms with Crippen LogP contribution in [-0.4, -0.2) is 36.4 Å². The number of amidine groups is 1. The van der Waals surface area contributed by atoms with Crippen LogP contribution < -0.4 is 21.3 Å². The minimum atomic E-state index is -0.0391. The normalized spacial score (nSPS) is 19.6. The maximum absolute atomic E-state index is 11.8. The molecule has 1 aliphatic carbocycles.